The number of hydrogen-bond acceptors (Lipinski definition) is 2. The molecule has 0 radical (unpaired) electrons. The summed E-state index contributed by atoms with van der Waals surface area (Å²) in [6, 6.07) is 0. The molecule has 1 atom stereocenters. The van der Waals surface area contributed by atoms with Crippen LogP contribution in [-0.2, 0) is 0 Å². The molecule has 0 aliphatic rings. The van der Waals surface area contributed by atoms with Crippen LogP contribution < -0.4 is 0 Å². The summed E-state index contributed by atoms with van der Waals surface area (Å²) in [7, 11) is 0. The van der Waals surface area contributed by atoms with Gasteiger partial charge in [-0.05, 0) is 0 Å². The summed E-state index contributed by atoms with van der Waals surface area (Å²) in [5.74, 6) is -15.9. The Bertz CT molecular complexity index is 162. The van der Waals surface area contributed by atoms with Crippen LogP contribution in [0.1, 0.15) is 0 Å². The lowest BCUT2D eigenvalue weighted by molar-refractivity contribution is -0.342. The molecule has 0 amide bonds. The maximum atomic E-state index is 12.2. The topological polar surface area (TPSA) is 40.5 Å². The van der Waals surface area contributed by atoms with Crippen LogP contribution in [0.5, 0.6) is 0 Å². The van der Waals surface area contributed by atoms with E-state index in [0.29, 0.717) is 0 Å². The van der Waals surface area contributed by atoms with Crippen molar-refractivity contribution >= 4 is 0 Å². The van der Waals surface area contributed by atoms with E-state index in [9.17, 15) is 26.3 Å². The first-order chi connectivity index (χ1) is 5.62. The first kappa shape index (κ1) is 12.5. The van der Waals surface area contributed by atoms with Gasteiger partial charge in [-0.25, -0.2) is 8.78 Å². The average Bonchev–Trinajstić information content (AvgIpc) is 2.03. The van der Waals surface area contributed by atoms with Gasteiger partial charge in [-0.15, -0.1) is 0 Å². The number of rotatable bonds is 4. The summed E-state index contributed by atoms with van der Waals surface area (Å²) in [5.41, 5.74) is 0. The van der Waals surface area contributed by atoms with Crippen molar-refractivity contribution in [3.63, 3.8) is 0 Å². The molecule has 0 rings (SSSR count). The highest BCUT2D eigenvalue weighted by Gasteiger charge is 2.69. The second kappa shape index (κ2) is 3.33. The molecule has 1 unspecified atom stereocenters. The van der Waals surface area contributed by atoms with E-state index in [1.165, 1.54) is 0 Å². The van der Waals surface area contributed by atoms with Gasteiger partial charge in [-0.1, -0.05) is 0 Å². The van der Waals surface area contributed by atoms with E-state index in [0.717, 1.165) is 0 Å². The smallest absolute Gasteiger partial charge is 0.372 e. The molecule has 80 valence electrons. The molecule has 0 saturated heterocycles. The summed E-state index contributed by atoms with van der Waals surface area (Å²) in [5, 5.41) is 15.7. The van der Waals surface area contributed by atoms with Crippen molar-refractivity contribution in [3.05, 3.63) is 0 Å². The molecule has 0 spiro atoms. The Balaban J connectivity index is 4.95. The molecule has 0 bridgehead atoms. The lowest BCUT2D eigenvalue weighted by atomic mass is 10.1. The van der Waals surface area contributed by atoms with Gasteiger partial charge in [0, 0.05) is 0 Å². The molecule has 0 aromatic rings. The van der Waals surface area contributed by atoms with Crippen molar-refractivity contribution in [2.24, 2.45) is 0 Å². The summed E-state index contributed by atoms with van der Waals surface area (Å²) in [4.78, 5) is 0. The summed E-state index contributed by atoms with van der Waals surface area (Å²) in [6.07, 6.45) is 0. The van der Waals surface area contributed by atoms with Crippen LogP contribution >= 0.6 is 0 Å². The monoisotopic (exact) mass is 212 g/mol. The van der Waals surface area contributed by atoms with E-state index in [4.69, 9.17) is 10.2 Å². The van der Waals surface area contributed by atoms with Crippen molar-refractivity contribution in [2.45, 2.75) is 17.7 Å². The minimum atomic E-state index is -5.68. The zero-order valence-electron chi connectivity index (χ0n) is 6.08. The minimum Gasteiger partial charge on any atom is -0.390 e. The number of hydrogen-bond donors (Lipinski definition) is 2. The van der Waals surface area contributed by atoms with Crippen molar-refractivity contribution in [3.8, 4) is 0 Å². The standard InChI is InChI=1S/C5H6F6O2/c6-1-4(9,13)5(10,11)3(7,8)2-12/h12-13H,1-2H2. The highest BCUT2D eigenvalue weighted by Crippen LogP contribution is 2.43. The second-order valence-electron chi connectivity index (χ2n) is 2.33. The third-order valence-electron chi connectivity index (χ3n) is 1.32. The SMILES string of the molecule is OCC(F)(F)C(F)(F)C(O)(F)CF. The Morgan fingerprint density at radius 1 is 1.00 bits per heavy atom. The Hall–Kier alpha value is -0.500. The highest BCUT2D eigenvalue weighted by molar-refractivity contribution is 4.95. The fourth-order valence-electron chi connectivity index (χ4n) is 0.463. The Morgan fingerprint density at radius 3 is 1.62 bits per heavy atom. The summed E-state index contributed by atoms with van der Waals surface area (Å²) in [6.45, 7) is -5.10. The Labute approximate surface area is 68.8 Å². The van der Waals surface area contributed by atoms with E-state index in [1.54, 1.807) is 0 Å². The van der Waals surface area contributed by atoms with E-state index in [-0.39, 0.29) is 0 Å². The third kappa shape index (κ3) is 1.88. The molecule has 0 aromatic heterocycles. The number of aliphatic hydroxyl groups excluding tert-OH is 1. The van der Waals surface area contributed by atoms with Crippen molar-refractivity contribution in [2.75, 3.05) is 13.3 Å². The van der Waals surface area contributed by atoms with Gasteiger partial charge in [0.15, 0.2) is 6.67 Å². The van der Waals surface area contributed by atoms with Gasteiger partial charge < -0.3 is 10.2 Å². The molecule has 0 aliphatic carbocycles. The fourth-order valence-corrected chi connectivity index (χ4v) is 0.463. The van der Waals surface area contributed by atoms with E-state index < -0.39 is 31.0 Å². The van der Waals surface area contributed by atoms with Crippen molar-refractivity contribution < 1.29 is 36.6 Å². The molecule has 8 heteroatoms. The molecule has 13 heavy (non-hydrogen) atoms. The average molecular weight is 212 g/mol. The van der Waals surface area contributed by atoms with Crippen LogP contribution in [0.2, 0.25) is 0 Å². The predicted molar refractivity (Wildman–Crippen MR) is 29.0 cm³/mol. The van der Waals surface area contributed by atoms with Gasteiger partial charge in [-0.2, -0.15) is 17.6 Å². The number of halogens is 6. The van der Waals surface area contributed by atoms with Gasteiger partial charge in [0.2, 0.25) is 0 Å². The second-order valence-corrected chi connectivity index (χ2v) is 2.33. The van der Waals surface area contributed by atoms with Crippen LogP contribution in [0, 0.1) is 0 Å². The molecule has 0 aliphatic heterocycles. The first-order valence-electron chi connectivity index (χ1n) is 2.96. The maximum absolute atomic E-state index is 12.2. The zero-order chi connectivity index (χ0) is 10.9. The highest BCUT2D eigenvalue weighted by atomic mass is 19.3. The molecule has 0 fully saturated rings. The quantitative estimate of drug-likeness (QED) is 0.679. The van der Waals surface area contributed by atoms with Gasteiger partial charge in [-0.3, -0.25) is 0 Å². The predicted octanol–water partition coefficient (Wildman–Crippen LogP) is 0.877. The zero-order valence-corrected chi connectivity index (χ0v) is 6.08. The molecule has 2 N–H and O–H groups in total. The lowest BCUT2D eigenvalue weighted by Gasteiger charge is -2.31. The van der Waals surface area contributed by atoms with Crippen LogP contribution in [0.4, 0.5) is 26.3 Å². The Kier molecular flexibility index (Phi) is 3.21. The van der Waals surface area contributed by atoms with Gasteiger partial charge in [0.25, 0.3) is 0 Å². The van der Waals surface area contributed by atoms with Crippen molar-refractivity contribution in [1.29, 1.82) is 0 Å². The van der Waals surface area contributed by atoms with Crippen LogP contribution in [0.25, 0.3) is 0 Å². The van der Waals surface area contributed by atoms with E-state index in [2.05, 4.69) is 0 Å². The van der Waals surface area contributed by atoms with Crippen LogP contribution in [0.15, 0.2) is 0 Å². The van der Waals surface area contributed by atoms with Gasteiger partial charge in [0.05, 0.1) is 0 Å². The molecule has 0 aromatic carbocycles. The normalized spacial score (nSPS) is 18.5. The number of alkyl halides is 6. The fraction of sp³-hybridized carbons (Fsp3) is 1.00. The third-order valence-corrected chi connectivity index (χ3v) is 1.32. The Morgan fingerprint density at radius 2 is 1.38 bits per heavy atom. The molecule has 0 heterocycles. The molecular formula is C5H6F6O2. The van der Waals surface area contributed by atoms with Gasteiger partial charge in [0.1, 0.15) is 6.61 Å². The maximum Gasteiger partial charge on any atom is 0.372 e. The van der Waals surface area contributed by atoms with Crippen LogP contribution in [-0.4, -0.2) is 41.2 Å². The molecular weight excluding hydrogens is 206 g/mol. The summed E-state index contributed by atoms with van der Waals surface area (Å²) < 4.78 is 72.0. The summed E-state index contributed by atoms with van der Waals surface area (Å²) >= 11 is 0. The van der Waals surface area contributed by atoms with Crippen LogP contribution in [0.3, 0.4) is 0 Å². The van der Waals surface area contributed by atoms with Crippen molar-refractivity contribution in [1.82, 2.24) is 0 Å². The first-order valence-corrected chi connectivity index (χ1v) is 2.96. The number of aliphatic hydroxyl groups is 2. The van der Waals surface area contributed by atoms with Gasteiger partial charge >= 0.3 is 17.7 Å². The largest absolute Gasteiger partial charge is 0.390 e. The minimum absolute atomic E-state index is 2.40. The lowest BCUT2D eigenvalue weighted by Crippen LogP contribution is -2.59. The molecule has 2 nitrogen and oxygen atoms in total. The van der Waals surface area contributed by atoms with E-state index >= 15 is 0 Å². The molecule has 0 saturated carbocycles. The van der Waals surface area contributed by atoms with E-state index in [1.807, 2.05) is 0 Å².